The molecule has 0 spiro atoms. The number of nitrogens with zero attached hydrogens (tertiary/aromatic N) is 1. The SMILES string of the molecule is CCOC(=O)CC1=C(C(=O)OCC)C(c2ccc(Cl)s2)C(C#N)=C(N)O1. The molecule has 1 aliphatic heterocycles. The van der Waals surface area contributed by atoms with Gasteiger partial charge < -0.3 is 19.9 Å². The number of ether oxygens (including phenoxy) is 3. The van der Waals surface area contributed by atoms with Gasteiger partial charge in [0.15, 0.2) is 0 Å². The molecule has 2 heterocycles. The lowest BCUT2D eigenvalue weighted by molar-refractivity contribution is -0.143. The first-order valence-electron chi connectivity index (χ1n) is 7.81. The highest BCUT2D eigenvalue weighted by atomic mass is 35.5. The minimum absolute atomic E-state index is 0.00734. The lowest BCUT2D eigenvalue weighted by Gasteiger charge is -2.26. The van der Waals surface area contributed by atoms with Crippen LogP contribution in [0, 0.1) is 11.3 Å². The molecule has 0 aromatic carbocycles. The van der Waals surface area contributed by atoms with Crippen LogP contribution < -0.4 is 5.73 Å². The molecule has 1 aromatic rings. The summed E-state index contributed by atoms with van der Waals surface area (Å²) < 4.78 is 15.9. The van der Waals surface area contributed by atoms with Gasteiger partial charge in [0, 0.05) is 4.88 Å². The van der Waals surface area contributed by atoms with Crippen molar-refractivity contribution in [3.63, 3.8) is 0 Å². The van der Waals surface area contributed by atoms with E-state index in [2.05, 4.69) is 0 Å². The van der Waals surface area contributed by atoms with Gasteiger partial charge in [-0.25, -0.2) is 4.79 Å². The van der Waals surface area contributed by atoms with E-state index in [1.807, 2.05) is 6.07 Å². The third-order valence-electron chi connectivity index (χ3n) is 3.48. The summed E-state index contributed by atoms with van der Waals surface area (Å²) in [6.45, 7) is 3.62. The first kappa shape index (κ1) is 19.8. The number of hydrogen-bond donors (Lipinski definition) is 1. The van der Waals surface area contributed by atoms with Gasteiger partial charge in [-0.1, -0.05) is 11.6 Å². The van der Waals surface area contributed by atoms with E-state index in [9.17, 15) is 14.9 Å². The van der Waals surface area contributed by atoms with E-state index in [0.717, 1.165) is 0 Å². The van der Waals surface area contributed by atoms with Gasteiger partial charge >= 0.3 is 11.9 Å². The maximum Gasteiger partial charge on any atom is 0.338 e. The van der Waals surface area contributed by atoms with Crippen molar-refractivity contribution in [3.8, 4) is 6.07 Å². The van der Waals surface area contributed by atoms with Gasteiger partial charge in [-0.05, 0) is 26.0 Å². The van der Waals surface area contributed by atoms with E-state index in [1.54, 1.807) is 26.0 Å². The lowest BCUT2D eigenvalue weighted by Crippen LogP contribution is -2.27. The first-order chi connectivity index (χ1) is 12.4. The zero-order chi connectivity index (χ0) is 19.3. The van der Waals surface area contributed by atoms with Gasteiger partial charge in [-0.2, -0.15) is 5.26 Å². The summed E-state index contributed by atoms with van der Waals surface area (Å²) >= 11 is 7.20. The predicted molar refractivity (Wildman–Crippen MR) is 94.9 cm³/mol. The third kappa shape index (κ3) is 4.18. The zero-order valence-electron chi connectivity index (χ0n) is 14.2. The van der Waals surface area contributed by atoms with Crippen LogP contribution in [0.4, 0.5) is 0 Å². The number of thiophene rings is 1. The summed E-state index contributed by atoms with van der Waals surface area (Å²) in [5, 5.41) is 9.52. The number of esters is 2. The van der Waals surface area contributed by atoms with Crippen LogP contribution >= 0.6 is 22.9 Å². The molecule has 0 bridgehead atoms. The molecular formula is C17H17ClN2O5S. The van der Waals surface area contributed by atoms with Crippen LogP contribution in [-0.2, 0) is 23.8 Å². The lowest BCUT2D eigenvalue weighted by atomic mass is 9.87. The Bertz CT molecular complexity index is 821. The zero-order valence-corrected chi connectivity index (χ0v) is 15.8. The van der Waals surface area contributed by atoms with E-state index in [1.165, 1.54) is 11.3 Å². The molecule has 1 unspecified atom stereocenters. The second-order valence-electron chi connectivity index (χ2n) is 5.11. The van der Waals surface area contributed by atoms with Crippen molar-refractivity contribution in [3.05, 3.63) is 44.1 Å². The van der Waals surface area contributed by atoms with Crippen molar-refractivity contribution >= 4 is 34.9 Å². The predicted octanol–water partition coefficient (Wildman–Crippen LogP) is 2.98. The van der Waals surface area contributed by atoms with Crippen molar-refractivity contribution < 1.29 is 23.8 Å². The molecule has 2 rings (SSSR count). The van der Waals surface area contributed by atoms with E-state index in [-0.39, 0.29) is 42.4 Å². The Labute approximate surface area is 159 Å². The van der Waals surface area contributed by atoms with Crippen LogP contribution in [0.5, 0.6) is 0 Å². The molecule has 0 aliphatic carbocycles. The monoisotopic (exact) mass is 396 g/mol. The Morgan fingerprint density at radius 1 is 1.35 bits per heavy atom. The molecule has 0 radical (unpaired) electrons. The molecule has 0 saturated heterocycles. The molecule has 2 N–H and O–H groups in total. The number of carbonyl (C=O) groups is 2. The average molecular weight is 397 g/mol. The van der Waals surface area contributed by atoms with Crippen LogP contribution in [-0.4, -0.2) is 25.2 Å². The smallest absolute Gasteiger partial charge is 0.338 e. The van der Waals surface area contributed by atoms with Gasteiger partial charge in [0.2, 0.25) is 5.88 Å². The van der Waals surface area contributed by atoms with Crippen LogP contribution in [0.3, 0.4) is 0 Å². The topological polar surface area (TPSA) is 112 Å². The van der Waals surface area contributed by atoms with Crippen molar-refractivity contribution in [2.45, 2.75) is 26.2 Å². The molecule has 7 nitrogen and oxygen atoms in total. The third-order valence-corrected chi connectivity index (χ3v) is 4.78. The van der Waals surface area contributed by atoms with Gasteiger partial charge in [0.1, 0.15) is 23.8 Å². The van der Waals surface area contributed by atoms with Crippen LogP contribution in [0.1, 0.15) is 31.1 Å². The quantitative estimate of drug-likeness (QED) is 0.735. The summed E-state index contributed by atoms with van der Waals surface area (Å²) in [6.07, 6.45) is -0.309. The Hall–Kier alpha value is -2.50. The molecule has 1 aromatic heterocycles. The number of nitriles is 1. The summed E-state index contributed by atoms with van der Waals surface area (Å²) in [5.41, 5.74) is 5.97. The number of allylic oxidation sites excluding steroid dienone is 1. The minimum Gasteiger partial charge on any atom is -0.466 e. The molecule has 26 heavy (non-hydrogen) atoms. The number of carbonyl (C=O) groups excluding carboxylic acids is 2. The number of nitrogens with two attached hydrogens (primary N) is 1. The van der Waals surface area contributed by atoms with Crippen LogP contribution in [0.2, 0.25) is 4.34 Å². The standard InChI is InChI=1S/C17H17ClN2O5S/c1-3-23-13(21)7-10-15(17(22)24-4-2)14(9(8-19)16(20)25-10)11-5-6-12(18)26-11/h5-6,14H,3-4,7,20H2,1-2H3. The van der Waals surface area contributed by atoms with Crippen LogP contribution in [0.15, 0.2) is 34.9 Å². The summed E-state index contributed by atoms with van der Waals surface area (Å²) in [6, 6.07) is 5.31. The minimum atomic E-state index is -0.824. The van der Waals surface area contributed by atoms with Gasteiger partial charge in [0.25, 0.3) is 0 Å². The highest BCUT2D eigenvalue weighted by molar-refractivity contribution is 7.16. The summed E-state index contributed by atoms with van der Waals surface area (Å²) in [4.78, 5) is 25.1. The maximum absolute atomic E-state index is 12.6. The van der Waals surface area contributed by atoms with Gasteiger partial charge in [-0.3, -0.25) is 4.79 Å². The molecule has 0 fully saturated rings. The Morgan fingerprint density at radius 2 is 2.04 bits per heavy atom. The van der Waals surface area contributed by atoms with E-state index >= 15 is 0 Å². The summed E-state index contributed by atoms with van der Waals surface area (Å²) in [7, 11) is 0. The molecule has 1 aliphatic rings. The average Bonchev–Trinajstić information content (AvgIpc) is 3.00. The van der Waals surface area contributed by atoms with Crippen LogP contribution in [0.25, 0.3) is 0 Å². The largest absolute Gasteiger partial charge is 0.466 e. The second-order valence-corrected chi connectivity index (χ2v) is 6.85. The van der Waals surface area contributed by atoms with Gasteiger partial charge in [-0.15, -0.1) is 11.3 Å². The highest BCUT2D eigenvalue weighted by Crippen LogP contribution is 2.43. The fraction of sp³-hybridized carbons (Fsp3) is 0.353. The van der Waals surface area contributed by atoms with Crippen molar-refractivity contribution in [1.29, 1.82) is 5.26 Å². The fourth-order valence-corrected chi connectivity index (χ4v) is 3.67. The molecule has 0 amide bonds. The Kier molecular flexibility index (Phi) is 6.66. The van der Waals surface area contributed by atoms with Crippen molar-refractivity contribution in [2.24, 2.45) is 5.73 Å². The van der Waals surface area contributed by atoms with E-state index in [4.69, 9.17) is 31.5 Å². The molecule has 138 valence electrons. The van der Waals surface area contributed by atoms with Gasteiger partial charge in [0.05, 0.1) is 29.0 Å². The molecule has 9 heteroatoms. The second kappa shape index (κ2) is 8.74. The van der Waals surface area contributed by atoms with E-state index < -0.39 is 17.9 Å². The molecule has 1 atom stereocenters. The molecule has 0 saturated carbocycles. The number of hydrogen-bond acceptors (Lipinski definition) is 8. The van der Waals surface area contributed by atoms with E-state index in [0.29, 0.717) is 9.21 Å². The maximum atomic E-state index is 12.6. The van der Waals surface area contributed by atoms with Crippen molar-refractivity contribution in [1.82, 2.24) is 0 Å². The fourth-order valence-electron chi connectivity index (χ4n) is 2.49. The highest BCUT2D eigenvalue weighted by Gasteiger charge is 2.39. The molecular weight excluding hydrogens is 380 g/mol. The normalized spacial score (nSPS) is 16.8. The number of rotatable bonds is 6. The van der Waals surface area contributed by atoms with Crippen molar-refractivity contribution in [2.75, 3.05) is 13.2 Å². The Balaban J connectivity index is 2.59. The Morgan fingerprint density at radius 3 is 2.58 bits per heavy atom. The number of halogens is 1. The first-order valence-corrected chi connectivity index (χ1v) is 9.00. The summed E-state index contributed by atoms with van der Waals surface area (Å²) in [5.74, 6) is -2.26.